The highest BCUT2D eigenvalue weighted by atomic mass is 15.4. The fourth-order valence-electron chi connectivity index (χ4n) is 5.02. The Bertz CT molecular complexity index is 456. The van der Waals surface area contributed by atoms with E-state index in [1.54, 1.807) is 0 Å². The molecule has 0 N–H and O–H groups in total. The smallest absolute Gasteiger partial charge is 0.196 e. The maximum Gasteiger partial charge on any atom is 0.196 e. The molecule has 0 aliphatic heterocycles. The lowest BCUT2D eigenvalue weighted by atomic mass is 9.54. The van der Waals surface area contributed by atoms with Gasteiger partial charge in [0.25, 0.3) is 0 Å². The summed E-state index contributed by atoms with van der Waals surface area (Å²) in [6, 6.07) is 0. The Labute approximate surface area is 148 Å². The van der Waals surface area contributed by atoms with Gasteiger partial charge in [0.1, 0.15) is 0 Å². The molecule has 0 atom stereocenters. The first-order chi connectivity index (χ1) is 10.9. The fourth-order valence-corrected chi connectivity index (χ4v) is 5.02. The van der Waals surface area contributed by atoms with Crippen LogP contribution in [-0.4, -0.2) is 99.0 Å². The van der Waals surface area contributed by atoms with Crippen molar-refractivity contribution in [3.8, 4) is 0 Å². The van der Waals surface area contributed by atoms with Crippen molar-refractivity contribution < 1.29 is 0 Å². The zero-order valence-electron chi connectivity index (χ0n) is 17.3. The largest absolute Gasteiger partial charge is 0.349 e. The third-order valence-corrected chi connectivity index (χ3v) is 5.85. The second-order valence-electron chi connectivity index (χ2n) is 8.54. The summed E-state index contributed by atoms with van der Waals surface area (Å²) in [7, 11) is 16.5. The number of hydrogen-bond acceptors (Lipinski definition) is 2. The molecule has 6 nitrogen and oxygen atoms in total. The maximum atomic E-state index is 5.20. The van der Waals surface area contributed by atoms with Crippen LogP contribution in [0.2, 0.25) is 0 Å². The van der Waals surface area contributed by atoms with Crippen molar-refractivity contribution in [3.05, 3.63) is 0 Å². The molecule has 0 unspecified atom stereocenters. The standard InChI is InChI=1S/C18H36N6/c1-17(19-15(21(3)4)22(5)6)13-11-12-14(17)18(13,2)20-16(23(7)8)24(9)10/h13-14H,11-12H2,1-10H3. The van der Waals surface area contributed by atoms with Crippen LogP contribution in [0.15, 0.2) is 9.98 Å². The zero-order valence-corrected chi connectivity index (χ0v) is 17.3. The summed E-state index contributed by atoms with van der Waals surface area (Å²) in [5, 5.41) is 0. The van der Waals surface area contributed by atoms with Crippen LogP contribution in [0.3, 0.4) is 0 Å². The lowest BCUT2D eigenvalue weighted by Crippen LogP contribution is -2.65. The van der Waals surface area contributed by atoms with Crippen LogP contribution in [0.1, 0.15) is 26.7 Å². The van der Waals surface area contributed by atoms with Gasteiger partial charge in [0.2, 0.25) is 0 Å². The minimum absolute atomic E-state index is 0.00808. The predicted octanol–water partition coefficient (Wildman–Crippen LogP) is 1.50. The molecule has 138 valence electrons. The number of aliphatic imine (C=N–C) groups is 2. The summed E-state index contributed by atoms with van der Waals surface area (Å²) >= 11 is 0. The molecule has 24 heavy (non-hydrogen) atoms. The maximum absolute atomic E-state index is 5.20. The molecule has 3 aliphatic rings. The lowest BCUT2D eigenvalue weighted by molar-refractivity contribution is 0.0141. The summed E-state index contributed by atoms with van der Waals surface area (Å²) in [6.07, 6.45) is 2.43. The first kappa shape index (κ1) is 18.9. The molecule has 6 heteroatoms. The highest BCUT2D eigenvalue weighted by molar-refractivity contribution is 5.81. The van der Waals surface area contributed by atoms with E-state index in [-0.39, 0.29) is 11.1 Å². The zero-order chi connectivity index (χ0) is 18.4. The van der Waals surface area contributed by atoms with E-state index in [1.807, 2.05) is 0 Å². The summed E-state index contributed by atoms with van der Waals surface area (Å²) in [4.78, 5) is 18.8. The van der Waals surface area contributed by atoms with Crippen LogP contribution < -0.4 is 0 Å². The highest BCUT2D eigenvalue weighted by Crippen LogP contribution is 2.66. The van der Waals surface area contributed by atoms with Crippen LogP contribution in [0.5, 0.6) is 0 Å². The van der Waals surface area contributed by atoms with Gasteiger partial charge in [-0.25, -0.2) is 9.98 Å². The Kier molecular flexibility index (Phi) is 4.81. The van der Waals surface area contributed by atoms with E-state index in [0.29, 0.717) is 11.8 Å². The SMILES string of the molecule is CN(C)C(=NC1(C)C2CCC1C2(C)N=C(N(C)C)N(C)C)N(C)C. The number of nitrogens with zero attached hydrogens (tertiary/aromatic N) is 6. The number of guanidine groups is 2. The molecule has 3 saturated carbocycles. The fraction of sp³-hybridized carbons (Fsp3) is 0.889. The predicted molar refractivity (Wildman–Crippen MR) is 103 cm³/mol. The van der Waals surface area contributed by atoms with Crippen molar-refractivity contribution in [1.29, 1.82) is 0 Å². The van der Waals surface area contributed by atoms with E-state index in [0.717, 1.165) is 11.9 Å². The summed E-state index contributed by atoms with van der Waals surface area (Å²) < 4.78 is 0. The van der Waals surface area contributed by atoms with Crippen molar-refractivity contribution >= 4 is 11.9 Å². The van der Waals surface area contributed by atoms with Crippen LogP contribution in [0.4, 0.5) is 0 Å². The van der Waals surface area contributed by atoms with Crippen LogP contribution in [0, 0.1) is 11.8 Å². The highest BCUT2D eigenvalue weighted by Gasteiger charge is 2.71. The molecular formula is C18H36N6. The molecule has 2 bridgehead atoms. The molecular weight excluding hydrogens is 300 g/mol. The average Bonchev–Trinajstić information content (AvgIpc) is 2.98. The minimum Gasteiger partial charge on any atom is -0.349 e. The molecule has 3 fully saturated rings. The van der Waals surface area contributed by atoms with Crippen molar-refractivity contribution in [2.45, 2.75) is 37.8 Å². The molecule has 0 heterocycles. The van der Waals surface area contributed by atoms with Gasteiger partial charge in [-0.1, -0.05) is 0 Å². The van der Waals surface area contributed by atoms with E-state index in [1.165, 1.54) is 12.8 Å². The van der Waals surface area contributed by atoms with Gasteiger partial charge in [-0.15, -0.1) is 0 Å². The van der Waals surface area contributed by atoms with Gasteiger partial charge in [0.15, 0.2) is 11.9 Å². The molecule has 0 spiro atoms. The molecule has 0 aromatic heterocycles. The molecule has 0 saturated heterocycles. The molecule has 0 radical (unpaired) electrons. The molecule has 0 aromatic rings. The normalized spacial score (nSPS) is 33.4. The van der Waals surface area contributed by atoms with Crippen LogP contribution in [0.25, 0.3) is 0 Å². The van der Waals surface area contributed by atoms with E-state index in [2.05, 4.69) is 89.8 Å². The Hall–Kier alpha value is -1.46. The van der Waals surface area contributed by atoms with Gasteiger partial charge in [-0.3, -0.25) is 0 Å². The summed E-state index contributed by atoms with van der Waals surface area (Å²) in [6.45, 7) is 4.65. The summed E-state index contributed by atoms with van der Waals surface area (Å²) in [5.74, 6) is 3.08. The molecule has 3 rings (SSSR count). The van der Waals surface area contributed by atoms with Gasteiger partial charge in [-0.2, -0.15) is 0 Å². The monoisotopic (exact) mass is 336 g/mol. The average molecular weight is 337 g/mol. The number of rotatable bonds is 2. The first-order valence-corrected chi connectivity index (χ1v) is 8.84. The summed E-state index contributed by atoms with van der Waals surface area (Å²) in [5.41, 5.74) is -0.0162. The van der Waals surface area contributed by atoms with Gasteiger partial charge in [0, 0.05) is 68.2 Å². The third kappa shape index (κ3) is 2.74. The molecule has 0 aromatic carbocycles. The van der Waals surface area contributed by atoms with Crippen molar-refractivity contribution in [1.82, 2.24) is 19.6 Å². The van der Waals surface area contributed by atoms with E-state index in [4.69, 9.17) is 9.98 Å². The third-order valence-electron chi connectivity index (χ3n) is 5.85. The van der Waals surface area contributed by atoms with E-state index >= 15 is 0 Å². The van der Waals surface area contributed by atoms with Crippen LogP contribution in [-0.2, 0) is 0 Å². The van der Waals surface area contributed by atoms with Crippen molar-refractivity contribution in [3.63, 3.8) is 0 Å². The second kappa shape index (κ2) is 6.12. The van der Waals surface area contributed by atoms with E-state index in [9.17, 15) is 0 Å². The molecule has 0 amide bonds. The Morgan fingerprint density at radius 3 is 1.08 bits per heavy atom. The lowest BCUT2D eigenvalue weighted by Gasteiger charge is -2.57. The Morgan fingerprint density at radius 2 is 0.875 bits per heavy atom. The second-order valence-corrected chi connectivity index (χ2v) is 8.54. The van der Waals surface area contributed by atoms with Crippen LogP contribution >= 0.6 is 0 Å². The Morgan fingerprint density at radius 1 is 0.625 bits per heavy atom. The minimum atomic E-state index is -0.00808. The first-order valence-electron chi connectivity index (χ1n) is 8.84. The van der Waals surface area contributed by atoms with Crippen molar-refractivity contribution in [2.75, 3.05) is 56.4 Å². The number of fused-ring (bicyclic) bond motifs is 1. The topological polar surface area (TPSA) is 37.7 Å². The van der Waals surface area contributed by atoms with Gasteiger partial charge in [-0.05, 0) is 26.7 Å². The van der Waals surface area contributed by atoms with E-state index < -0.39 is 0 Å². The Balaban J connectivity index is 2.36. The number of hydrogen-bond donors (Lipinski definition) is 0. The quantitative estimate of drug-likeness (QED) is 0.566. The van der Waals surface area contributed by atoms with Crippen molar-refractivity contribution in [2.24, 2.45) is 21.8 Å². The van der Waals surface area contributed by atoms with Gasteiger partial charge in [0.05, 0.1) is 11.1 Å². The van der Waals surface area contributed by atoms with Gasteiger partial charge >= 0.3 is 0 Å². The van der Waals surface area contributed by atoms with Gasteiger partial charge < -0.3 is 19.6 Å². The molecule has 3 aliphatic carbocycles.